The van der Waals surface area contributed by atoms with Gasteiger partial charge in [-0.25, -0.2) is 0 Å². The zero-order valence-electron chi connectivity index (χ0n) is 11.4. The van der Waals surface area contributed by atoms with Gasteiger partial charge in [0.1, 0.15) is 0 Å². The van der Waals surface area contributed by atoms with Crippen molar-refractivity contribution in [2.24, 2.45) is 0 Å². The van der Waals surface area contributed by atoms with Crippen molar-refractivity contribution in [2.75, 3.05) is 13.1 Å². The van der Waals surface area contributed by atoms with Crippen LogP contribution < -0.4 is 10.6 Å². The molecule has 3 nitrogen and oxygen atoms in total. The first-order valence-electron chi connectivity index (χ1n) is 6.79. The molecular formula is C15H24N2O. The number of benzene rings is 1. The first-order valence-corrected chi connectivity index (χ1v) is 6.79. The van der Waals surface area contributed by atoms with Gasteiger partial charge in [-0.15, -0.1) is 0 Å². The fourth-order valence-corrected chi connectivity index (χ4v) is 1.77. The second-order valence-electron chi connectivity index (χ2n) is 4.55. The van der Waals surface area contributed by atoms with Gasteiger partial charge in [-0.2, -0.15) is 0 Å². The Hall–Kier alpha value is -1.35. The highest BCUT2D eigenvalue weighted by molar-refractivity contribution is 5.76. The average molecular weight is 248 g/mol. The van der Waals surface area contributed by atoms with E-state index >= 15 is 0 Å². The molecule has 1 unspecified atom stereocenters. The highest BCUT2D eigenvalue weighted by Gasteiger charge is 2.08. The summed E-state index contributed by atoms with van der Waals surface area (Å²) >= 11 is 0. The van der Waals surface area contributed by atoms with Gasteiger partial charge >= 0.3 is 0 Å². The molecule has 0 heterocycles. The Balaban J connectivity index is 2.20. The van der Waals surface area contributed by atoms with Gasteiger partial charge in [-0.3, -0.25) is 4.79 Å². The van der Waals surface area contributed by atoms with E-state index < -0.39 is 0 Å². The summed E-state index contributed by atoms with van der Waals surface area (Å²) in [5.41, 5.74) is 1.14. The summed E-state index contributed by atoms with van der Waals surface area (Å²) in [6, 6.07) is 10.1. The Kier molecular flexibility index (Phi) is 7.11. The molecule has 0 radical (unpaired) electrons. The van der Waals surface area contributed by atoms with Gasteiger partial charge in [0.15, 0.2) is 0 Å². The van der Waals surface area contributed by atoms with E-state index in [0.29, 0.717) is 6.42 Å². The molecule has 3 heteroatoms. The minimum Gasteiger partial charge on any atom is -0.350 e. The highest BCUT2D eigenvalue weighted by atomic mass is 16.1. The number of nitrogens with one attached hydrogen (secondary N) is 2. The zero-order valence-corrected chi connectivity index (χ0v) is 11.4. The lowest BCUT2D eigenvalue weighted by Gasteiger charge is -2.14. The van der Waals surface area contributed by atoms with Gasteiger partial charge in [0.25, 0.3) is 0 Å². The maximum atomic E-state index is 11.7. The topological polar surface area (TPSA) is 41.1 Å². The number of hydrogen-bond donors (Lipinski definition) is 2. The van der Waals surface area contributed by atoms with Crippen LogP contribution in [0.15, 0.2) is 30.3 Å². The second kappa shape index (κ2) is 8.70. The van der Waals surface area contributed by atoms with Gasteiger partial charge in [0.2, 0.25) is 5.91 Å². The van der Waals surface area contributed by atoms with Crippen molar-refractivity contribution in [2.45, 2.75) is 39.2 Å². The van der Waals surface area contributed by atoms with E-state index in [1.807, 2.05) is 37.3 Å². The number of unbranched alkanes of at least 4 members (excludes halogenated alkanes) is 1. The summed E-state index contributed by atoms with van der Waals surface area (Å²) in [6.07, 6.45) is 2.90. The van der Waals surface area contributed by atoms with E-state index in [2.05, 4.69) is 17.6 Å². The first kappa shape index (κ1) is 14.7. The predicted molar refractivity (Wildman–Crippen MR) is 75.4 cm³/mol. The Labute approximate surface area is 110 Å². The van der Waals surface area contributed by atoms with Gasteiger partial charge in [0, 0.05) is 13.0 Å². The number of rotatable bonds is 8. The van der Waals surface area contributed by atoms with Gasteiger partial charge in [-0.05, 0) is 25.5 Å². The molecule has 0 saturated heterocycles. The summed E-state index contributed by atoms with van der Waals surface area (Å²) in [5, 5.41) is 6.28. The molecule has 18 heavy (non-hydrogen) atoms. The minimum absolute atomic E-state index is 0.0781. The second-order valence-corrected chi connectivity index (χ2v) is 4.55. The standard InChI is InChI=1S/C15H24N2O/c1-3-4-11-16-12-10-15(18)17-13(2)14-8-6-5-7-9-14/h5-9,13,16H,3-4,10-12H2,1-2H3,(H,17,18). The van der Waals surface area contributed by atoms with Crippen LogP contribution in [-0.4, -0.2) is 19.0 Å². The Morgan fingerprint density at radius 1 is 1.22 bits per heavy atom. The van der Waals surface area contributed by atoms with Crippen LogP contribution >= 0.6 is 0 Å². The smallest absolute Gasteiger partial charge is 0.221 e. The minimum atomic E-state index is 0.0781. The molecule has 0 aliphatic carbocycles. The van der Waals surface area contributed by atoms with Gasteiger partial charge in [-0.1, -0.05) is 43.7 Å². The third kappa shape index (κ3) is 5.82. The van der Waals surface area contributed by atoms with E-state index in [9.17, 15) is 4.79 Å². The van der Waals surface area contributed by atoms with Crippen molar-refractivity contribution >= 4 is 5.91 Å². The summed E-state index contributed by atoms with van der Waals surface area (Å²) in [7, 11) is 0. The zero-order chi connectivity index (χ0) is 13.2. The average Bonchev–Trinajstić information content (AvgIpc) is 2.39. The first-order chi connectivity index (χ1) is 8.74. The molecule has 2 N–H and O–H groups in total. The molecular weight excluding hydrogens is 224 g/mol. The van der Waals surface area contributed by atoms with Crippen LogP contribution in [0.2, 0.25) is 0 Å². The molecule has 100 valence electrons. The third-order valence-corrected chi connectivity index (χ3v) is 2.91. The van der Waals surface area contributed by atoms with Crippen LogP contribution in [0.4, 0.5) is 0 Å². The normalized spacial score (nSPS) is 12.1. The largest absolute Gasteiger partial charge is 0.350 e. The van der Waals surface area contributed by atoms with Crippen molar-refractivity contribution in [1.82, 2.24) is 10.6 Å². The van der Waals surface area contributed by atoms with Crippen molar-refractivity contribution in [3.05, 3.63) is 35.9 Å². The van der Waals surface area contributed by atoms with Crippen molar-refractivity contribution in [3.8, 4) is 0 Å². The predicted octanol–water partition coefficient (Wildman–Crippen LogP) is 2.64. The van der Waals surface area contributed by atoms with Crippen LogP contribution in [0, 0.1) is 0 Å². The van der Waals surface area contributed by atoms with Crippen molar-refractivity contribution in [1.29, 1.82) is 0 Å². The molecule has 1 aromatic carbocycles. The number of amides is 1. The molecule has 0 bridgehead atoms. The van der Waals surface area contributed by atoms with E-state index in [0.717, 1.165) is 18.7 Å². The van der Waals surface area contributed by atoms with Gasteiger partial charge < -0.3 is 10.6 Å². The third-order valence-electron chi connectivity index (χ3n) is 2.91. The number of hydrogen-bond acceptors (Lipinski definition) is 2. The Bertz CT molecular complexity index is 338. The summed E-state index contributed by atoms with van der Waals surface area (Å²) in [6.45, 7) is 5.93. The van der Waals surface area contributed by atoms with E-state index in [1.54, 1.807) is 0 Å². The van der Waals surface area contributed by atoms with Crippen LogP contribution in [-0.2, 0) is 4.79 Å². The molecule has 1 aromatic rings. The number of carbonyl (C=O) groups excluding carboxylic acids is 1. The molecule has 0 saturated carbocycles. The number of carbonyl (C=O) groups is 1. The Morgan fingerprint density at radius 2 is 1.94 bits per heavy atom. The van der Waals surface area contributed by atoms with E-state index in [1.165, 1.54) is 12.8 Å². The molecule has 0 aliphatic rings. The maximum absolute atomic E-state index is 11.7. The SMILES string of the molecule is CCCCNCCC(=O)NC(C)c1ccccc1. The summed E-state index contributed by atoms with van der Waals surface area (Å²) in [5.74, 6) is 0.107. The van der Waals surface area contributed by atoms with Gasteiger partial charge in [0.05, 0.1) is 6.04 Å². The fourth-order valence-electron chi connectivity index (χ4n) is 1.77. The molecule has 0 aromatic heterocycles. The highest BCUT2D eigenvalue weighted by Crippen LogP contribution is 2.10. The fraction of sp³-hybridized carbons (Fsp3) is 0.533. The van der Waals surface area contributed by atoms with Crippen LogP contribution in [0.3, 0.4) is 0 Å². The quantitative estimate of drug-likeness (QED) is 0.694. The molecule has 1 rings (SSSR count). The lowest BCUT2D eigenvalue weighted by atomic mass is 10.1. The molecule has 1 amide bonds. The van der Waals surface area contributed by atoms with Crippen LogP contribution in [0.1, 0.15) is 44.7 Å². The molecule has 0 fully saturated rings. The van der Waals surface area contributed by atoms with Crippen molar-refractivity contribution < 1.29 is 4.79 Å². The lowest BCUT2D eigenvalue weighted by molar-refractivity contribution is -0.121. The molecule has 1 atom stereocenters. The van der Waals surface area contributed by atoms with Crippen molar-refractivity contribution in [3.63, 3.8) is 0 Å². The molecule has 0 aliphatic heterocycles. The van der Waals surface area contributed by atoms with E-state index in [4.69, 9.17) is 0 Å². The summed E-state index contributed by atoms with van der Waals surface area (Å²) in [4.78, 5) is 11.7. The maximum Gasteiger partial charge on any atom is 0.221 e. The van der Waals surface area contributed by atoms with Crippen LogP contribution in [0.5, 0.6) is 0 Å². The monoisotopic (exact) mass is 248 g/mol. The molecule has 0 spiro atoms. The van der Waals surface area contributed by atoms with Crippen LogP contribution in [0.25, 0.3) is 0 Å². The lowest BCUT2D eigenvalue weighted by Crippen LogP contribution is -2.30. The van der Waals surface area contributed by atoms with E-state index in [-0.39, 0.29) is 11.9 Å². The summed E-state index contributed by atoms with van der Waals surface area (Å²) < 4.78 is 0. The Morgan fingerprint density at radius 3 is 2.61 bits per heavy atom.